The number of likely N-dealkylation sites (tertiary alicyclic amines) is 1. The van der Waals surface area contributed by atoms with Gasteiger partial charge in [0.05, 0.1) is 6.04 Å². The zero-order chi connectivity index (χ0) is 19.4. The van der Waals surface area contributed by atoms with Gasteiger partial charge in [-0.05, 0) is 31.4 Å². The van der Waals surface area contributed by atoms with E-state index in [1.54, 1.807) is 4.90 Å². The van der Waals surface area contributed by atoms with Gasteiger partial charge in [-0.15, -0.1) is 10.2 Å². The predicted molar refractivity (Wildman–Crippen MR) is 96.6 cm³/mol. The first-order chi connectivity index (χ1) is 13.0. The van der Waals surface area contributed by atoms with E-state index < -0.39 is 17.5 Å². The summed E-state index contributed by atoms with van der Waals surface area (Å²) in [5, 5.41) is 13.9. The summed E-state index contributed by atoms with van der Waals surface area (Å²) in [6.45, 7) is 3.20. The second-order valence-electron chi connectivity index (χ2n) is 6.11. The standard InChI is InChI=1S/C17H19F2N5O2S/c1-2-7-20-17(26)24-8-3-4-13(24)15-22-23-16(27-15)14(25)21-10-5-6-11(18)12(19)9-10/h5-6,9,13H,2-4,7-8H2,1H3,(H,20,26)(H,21,25)/t13-/m1/s1. The van der Waals surface area contributed by atoms with Crippen molar-refractivity contribution in [1.82, 2.24) is 20.4 Å². The number of hydrogen-bond donors (Lipinski definition) is 2. The molecule has 1 aromatic carbocycles. The summed E-state index contributed by atoms with van der Waals surface area (Å²) in [4.78, 5) is 26.2. The van der Waals surface area contributed by atoms with Gasteiger partial charge in [-0.1, -0.05) is 18.3 Å². The molecule has 2 aromatic rings. The Morgan fingerprint density at radius 2 is 2.11 bits per heavy atom. The number of amides is 3. The molecule has 1 aromatic heterocycles. The van der Waals surface area contributed by atoms with Gasteiger partial charge in [0.2, 0.25) is 5.01 Å². The van der Waals surface area contributed by atoms with Gasteiger partial charge in [-0.3, -0.25) is 4.79 Å². The lowest BCUT2D eigenvalue weighted by Crippen LogP contribution is -2.39. The third kappa shape index (κ3) is 4.38. The van der Waals surface area contributed by atoms with E-state index in [-0.39, 0.29) is 22.8 Å². The minimum Gasteiger partial charge on any atom is -0.338 e. The maximum Gasteiger partial charge on any atom is 0.317 e. The molecule has 0 saturated carbocycles. The number of nitrogens with one attached hydrogen (secondary N) is 2. The first kappa shape index (κ1) is 19.2. The molecule has 3 rings (SSSR count). The highest BCUT2D eigenvalue weighted by Crippen LogP contribution is 2.33. The van der Waals surface area contributed by atoms with E-state index in [9.17, 15) is 18.4 Å². The summed E-state index contributed by atoms with van der Waals surface area (Å²) in [6, 6.07) is 2.72. The summed E-state index contributed by atoms with van der Waals surface area (Å²) in [5.41, 5.74) is 0.122. The SMILES string of the molecule is CCCNC(=O)N1CCC[C@@H]1c1nnc(C(=O)Nc2ccc(F)c(F)c2)s1. The van der Waals surface area contributed by atoms with Crippen LogP contribution in [0.5, 0.6) is 0 Å². The van der Waals surface area contributed by atoms with E-state index >= 15 is 0 Å². The molecule has 2 heterocycles. The highest BCUT2D eigenvalue weighted by atomic mass is 32.1. The molecule has 1 aliphatic heterocycles. The van der Waals surface area contributed by atoms with E-state index in [1.165, 1.54) is 6.07 Å². The van der Waals surface area contributed by atoms with Gasteiger partial charge in [-0.2, -0.15) is 0 Å². The quantitative estimate of drug-likeness (QED) is 0.813. The number of benzene rings is 1. The van der Waals surface area contributed by atoms with Crippen LogP contribution in [-0.4, -0.2) is 40.1 Å². The van der Waals surface area contributed by atoms with Crippen molar-refractivity contribution in [3.63, 3.8) is 0 Å². The molecule has 0 bridgehead atoms. The fourth-order valence-electron chi connectivity index (χ4n) is 2.82. The number of aromatic nitrogens is 2. The molecular weight excluding hydrogens is 376 g/mol. The summed E-state index contributed by atoms with van der Waals surface area (Å²) in [7, 11) is 0. The molecule has 1 fully saturated rings. The molecule has 27 heavy (non-hydrogen) atoms. The molecule has 3 amide bonds. The molecule has 144 valence electrons. The lowest BCUT2D eigenvalue weighted by atomic mass is 10.2. The Hall–Kier alpha value is -2.62. The van der Waals surface area contributed by atoms with Crippen molar-refractivity contribution in [3.05, 3.63) is 39.8 Å². The average molecular weight is 395 g/mol. The molecule has 7 nitrogen and oxygen atoms in total. The van der Waals surface area contributed by atoms with E-state index in [2.05, 4.69) is 20.8 Å². The van der Waals surface area contributed by atoms with Crippen LogP contribution in [0.15, 0.2) is 18.2 Å². The van der Waals surface area contributed by atoms with Crippen molar-refractivity contribution in [2.75, 3.05) is 18.4 Å². The molecule has 0 radical (unpaired) electrons. The minimum atomic E-state index is -1.05. The summed E-state index contributed by atoms with van der Waals surface area (Å²) in [6.07, 6.45) is 2.44. The van der Waals surface area contributed by atoms with Crippen LogP contribution < -0.4 is 10.6 Å². The van der Waals surface area contributed by atoms with Gasteiger partial charge >= 0.3 is 6.03 Å². The molecule has 0 aliphatic carbocycles. The number of anilines is 1. The number of carbonyl (C=O) groups excluding carboxylic acids is 2. The van der Waals surface area contributed by atoms with E-state index in [4.69, 9.17) is 0 Å². The van der Waals surface area contributed by atoms with Crippen molar-refractivity contribution in [1.29, 1.82) is 0 Å². The number of nitrogens with zero attached hydrogens (tertiary/aromatic N) is 3. The Morgan fingerprint density at radius 1 is 1.30 bits per heavy atom. The lowest BCUT2D eigenvalue weighted by molar-refractivity contribution is 0.102. The normalized spacial score (nSPS) is 16.4. The lowest BCUT2D eigenvalue weighted by Gasteiger charge is -2.22. The minimum absolute atomic E-state index is 0.0931. The Kier molecular flexibility index (Phi) is 5.94. The van der Waals surface area contributed by atoms with Crippen LogP contribution in [-0.2, 0) is 0 Å². The topological polar surface area (TPSA) is 87.2 Å². The van der Waals surface area contributed by atoms with Crippen LogP contribution in [0, 0.1) is 11.6 Å². The number of urea groups is 1. The van der Waals surface area contributed by atoms with Gasteiger partial charge in [0, 0.05) is 24.8 Å². The Labute approximate surface area is 158 Å². The van der Waals surface area contributed by atoms with Gasteiger partial charge < -0.3 is 15.5 Å². The zero-order valence-corrected chi connectivity index (χ0v) is 15.5. The van der Waals surface area contributed by atoms with Crippen LogP contribution in [0.2, 0.25) is 0 Å². The summed E-state index contributed by atoms with van der Waals surface area (Å²) in [5.74, 6) is -2.61. The van der Waals surface area contributed by atoms with Crippen LogP contribution in [0.1, 0.15) is 47.0 Å². The van der Waals surface area contributed by atoms with Crippen molar-refractivity contribution in [3.8, 4) is 0 Å². The van der Waals surface area contributed by atoms with Crippen LogP contribution in [0.25, 0.3) is 0 Å². The monoisotopic (exact) mass is 395 g/mol. The van der Waals surface area contributed by atoms with Gasteiger partial charge in [-0.25, -0.2) is 13.6 Å². The van der Waals surface area contributed by atoms with E-state index in [0.29, 0.717) is 18.1 Å². The molecule has 1 atom stereocenters. The number of halogens is 2. The van der Waals surface area contributed by atoms with Crippen LogP contribution in [0.4, 0.5) is 19.3 Å². The zero-order valence-electron chi connectivity index (χ0n) is 14.7. The van der Waals surface area contributed by atoms with Gasteiger partial charge in [0.25, 0.3) is 5.91 Å². The molecule has 1 aliphatic rings. The van der Waals surface area contributed by atoms with Crippen molar-refractivity contribution in [2.24, 2.45) is 0 Å². The van der Waals surface area contributed by atoms with E-state index in [1.807, 2.05) is 6.92 Å². The highest BCUT2D eigenvalue weighted by Gasteiger charge is 2.33. The first-order valence-corrected chi connectivity index (χ1v) is 9.45. The first-order valence-electron chi connectivity index (χ1n) is 8.64. The van der Waals surface area contributed by atoms with Gasteiger partial charge in [0.1, 0.15) is 5.01 Å². The fourth-order valence-corrected chi connectivity index (χ4v) is 3.71. The number of carbonyl (C=O) groups is 2. The second-order valence-corrected chi connectivity index (χ2v) is 7.12. The Morgan fingerprint density at radius 3 is 2.85 bits per heavy atom. The summed E-state index contributed by atoms with van der Waals surface area (Å²) < 4.78 is 26.2. The number of hydrogen-bond acceptors (Lipinski definition) is 5. The third-order valence-corrected chi connectivity index (χ3v) is 5.16. The van der Waals surface area contributed by atoms with Crippen molar-refractivity contribution < 1.29 is 18.4 Å². The molecule has 10 heteroatoms. The van der Waals surface area contributed by atoms with Crippen LogP contribution >= 0.6 is 11.3 Å². The second kappa shape index (κ2) is 8.38. The maximum atomic E-state index is 13.3. The molecular formula is C17H19F2N5O2S. The van der Waals surface area contributed by atoms with Gasteiger partial charge in [0.15, 0.2) is 11.6 Å². The molecule has 0 spiro atoms. The molecule has 0 unspecified atom stereocenters. The maximum absolute atomic E-state index is 13.3. The number of rotatable bonds is 5. The van der Waals surface area contributed by atoms with E-state index in [0.717, 1.165) is 42.7 Å². The predicted octanol–water partition coefficient (Wildman–Crippen LogP) is 3.33. The Bertz CT molecular complexity index is 844. The van der Waals surface area contributed by atoms with Crippen molar-refractivity contribution >= 4 is 29.0 Å². The molecule has 1 saturated heterocycles. The highest BCUT2D eigenvalue weighted by molar-refractivity contribution is 7.13. The smallest absolute Gasteiger partial charge is 0.317 e. The van der Waals surface area contributed by atoms with Crippen molar-refractivity contribution in [2.45, 2.75) is 32.2 Å². The fraction of sp³-hybridized carbons (Fsp3) is 0.412. The average Bonchev–Trinajstić information content (AvgIpc) is 3.31. The summed E-state index contributed by atoms with van der Waals surface area (Å²) >= 11 is 1.09. The van der Waals surface area contributed by atoms with Crippen LogP contribution in [0.3, 0.4) is 0 Å². The Balaban J connectivity index is 1.69. The largest absolute Gasteiger partial charge is 0.338 e. The third-order valence-electron chi connectivity index (χ3n) is 4.14. The molecule has 2 N–H and O–H groups in total.